The minimum absolute atomic E-state index is 0.0131. The number of hydrogen-bond acceptors (Lipinski definition) is 4. The van der Waals surface area contributed by atoms with E-state index >= 15 is 8.78 Å². The summed E-state index contributed by atoms with van der Waals surface area (Å²) in [5, 5.41) is 14.8. The van der Waals surface area contributed by atoms with E-state index in [2.05, 4.69) is 10.6 Å². The fourth-order valence-electron chi connectivity index (χ4n) is 5.39. The molecule has 1 saturated heterocycles. The van der Waals surface area contributed by atoms with Crippen molar-refractivity contribution in [1.29, 1.82) is 0 Å². The number of benzene rings is 3. The molecule has 1 amide bonds. The van der Waals surface area contributed by atoms with Gasteiger partial charge in [0.25, 0.3) is 0 Å². The smallest absolute Gasteiger partial charge is 0.338 e. The summed E-state index contributed by atoms with van der Waals surface area (Å²) in [5.41, 5.74) is 4.50. The van der Waals surface area contributed by atoms with Gasteiger partial charge in [-0.1, -0.05) is 62.2 Å². The maximum absolute atomic E-state index is 15.6. The van der Waals surface area contributed by atoms with E-state index in [1.54, 1.807) is 0 Å². The maximum atomic E-state index is 15.6. The van der Waals surface area contributed by atoms with Crippen molar-refractivity contribution in [3.63, 3.8) is 0 Å². The van der Waals surface area contributed by atoms with Crippen molar-refractivity contribution in [2.24, 2.45) is 11.1 Å². The number of halogens is 5. The lowest BCUT2D eigenvalue weighted by atomic mass is 9.68. The lowest BCUT2D eigenvalue weighted by Gasteiger charge is -2.40. The van der Waals surface area contributed by atoms with Crippen LogP contribution in [0.3, 0.4) is 0 Å². The predicted molar refractivity (Wildman–Crippen MR) is 148 cm³/mol. The van der Waals surface area contributed by atoms with E-state index in [4.69, 9.17) is 34.0 Å². The summed E-state index contributed by atoms with van der Waals surface area (Å²) in [6, 6.07) is 9.42. The number of carbonyl (C=O) groups excluding carboxylic acids is 1. The number of hydrogen-bond donors (Lipinski definition) is 4. The molecule has 0 saturated carbocycles. The van der Waals surface area contributed by atoms with Crippen LogP contribution in [0.25, 0.3) is 0 Å². The quantitative estimate of drug-likeness (QED) is 0.262. The molecule has 1 heterocycles. The molecule has 212 valence electrons. The second-order valence-corrected chi connectivity index (χ2v) is 12.0. The van der Waals surface area contributed by atoms with Crippen LogP contribution in [0.2, 0.25) is 10.0 Å². The molecule has 0 aliphatic carbocycles. The van der Waals surface area contributed by atoms with E-state index in [1.807, 2.05) is 20.8 Å². The average molecular weight is 594 g/mol. The third kappa shape index (κ3) is 5.69. The summed E-state index contributed by atoms with van der Waals surface area (Å²) >= 11 is 12.1. The van der Waals surface area contributed by atoms with Gasteiger partial charge in [0, 0.05) is 28.2 Å². The van der Waals surface area contributed by atoms with Crippen molar-refractivity contribution >= 4 is 40.8 Å². The van der Waals surface area contributed by atoms with Gasteiger partial charge in [-0.2, -0.15) is 0 Å². The van der Waals surface area contributed by atoms with Crippen LogP contribution >= 0.6 is 23.2 Å². The molecular formula is C29H28Cl2F3N3O3. The van der Waals surface area contributed by atoms with Crippen LogP contribution in [0.15, 0.2) is 54.6 Å². The zero-order valence-electron chi connectivity index (χ0n) is 21.9. The molecule has 0 unspecified atom stereocenters. The fraction of sp³-hybridized carbons (Fsp3) is 0.310. The molecule has 1 aliphatic heterocycles. The second-order valence-electron chi connectivity index (χ2n) is 11.1. The molecule has 1 aliphatic rings. The van der Waals surface area contributed by atoms with Crippen molar-refractivity contribution in [1.82, 2.24) is 5.32 Å². The van der Waals surface area contributed by atoms with Crippen molar-refractivity contribution in [2.45, 2.75) is 50.7 Å². The molecule has 3 aromatic carbocycles. The normalized spacial score (nSPS) is 22.8. The molecule has 11 heteroatoms. The highest BCUT2D eigenvalue weighted by molar-refractivity contribution is 6.31. The maximum Gasteiger partial charge on any atom is 0.338 e. The highest BCUT2D eigenvalue weighted by atomic mass is 35.5. The minimum atomic E-state index is -1.67. The van der Waals surface area contributed by atoms with Crippen LogP contribution in [0.5, 0.6) is 0 Å². The van der Waals surface area contributed by atoms with Crippen LogP contribution in [0.4, 0.5) is 18.9 Å². The molecule has 40 heavy (non-hydrogen) atoms. The first-order chi connectivity index (χ1) is 18.6. The van der Waals surface area contributed by atoms with E-state index < -0.39 is 58.4 Å². The van der Waals surface area contributed by atoms with Gasteiger partial charge in [-0.05, 0) is 53.8 Å². The molecule has 6 nitrogen and oxygen atoms in total. The van der Waals surface area contributed by atoms with Gasteiger partial charge in [0.2, 0.25) is 5.91 Å². The second kappa shape index (κ2) is 11.0. The van der Waals surface area contributed by atoms with Crippen LogP contribution in [-0.4, -0.2) is 29.1 Å². The molecule has 0 radical (unpaired) electrons. The number of carboxylic acids is 1. The van der Waals surface area contributed by atoms with E-state index in [9.17, 15) is 14.0 Å². The average Bonchev–Trinajstić information content (AvgIpc) is 3.12. The Labute approximate surface area is 239 Å². The van der Waals surface area contributed by atoms with Crippen molar-refractivity contribution in [3.05, 3.63) is 98.8 Å². The third-order valence-electron chi connectivity index (χ3n) is 7.09. The Morgan fingerprint density at radius 1 is 1.05 bits per heavy atom. The van der Waals surface area contributed by atoms with Crippen LogP contribution in [-0.2, 0) is 10.3 Å². The molecule has 3 aromatic rings. The summed E-state index contributed by atoms with van der Waals surface area (Å²) in [5.74, 6) is -5.96. The molecule has 0 spiro atoms. The van der Waals surface area contributed by atoms with Crippen LogP contribution < -0.4 is 16.4 Å². The first-order valence-corrected chi connectivity index (χ1v) is 13.2. The monoisotopic (exact) mass is 593 g/mol. The van der Waals surface area contributed by atoms with Crippen molar-refractivity contribution < 1.29 is 27.9 Å². The highest BCUT2D eigenvalue weighted by Crippen LogP contribution is 2.50. The van der Waals surface area contributed by atoms with Gasteiger partial charge in [0.15, 0.2) is 0 Å². The number of carbonyl (C=O) groups is 2. The van der Waals surface area contributed by atoms with Crippen LogP contribution in [0.1, 0.15) is 54.6 Å². The van der Waals surface area contributed by atoms with E-state index in [0.29, 0.717) is 6.42 Å². The van der Waals surface area contributed by atoms with Crippen molar-refractivity contribution in [3.8, 4) is 0 Å². The van der Waals surface area contributed by atoms with Crippen molar-refractivity contribution in [2.75, 3.05) is 5.32 Å². The summed E-state index contributed by atoms with van der Waals surface area (Å²) in [4.78, 5) is 24.9. The zero-order valence-corrected chi connectivity index (χ0v) is 23.4. The van der Waals surface area contributed by atoms with Gasteiger partial charge in [-0.3, -0.25) is 4.79 Å². The van der Waals surface area contributed by atoms with Gasteiger partial charge in [-0.15, -0.1) is 0 Å². The van der Waals surface area contributed by atoms with Gasteiger partial charge < -0.3 is 21.5 Å². The first kappa shape index (κ1) is 29.9. The Bertz CT molecular complexity index is 1480. The number of amides is 1. The molecule has 0 aromatic heterocycles. The lowest BCUT2D eigenvalue weighted by Crippen LogP contribution is -2.52. The molecular weight excluding hydrogens is 566 g/mol. The van der Waals surface area contributed by atoms with Gasteiger partial charge in [0.1, 0.15) is 17.5 Å². The Balaban J connectivity index is 1.88. The molecule has 4 rings (SSSR count). The molecule has 1 fully saturated rings. The zero-order chi connectivity index (χ0) is 29.6. The molecule has 5 N–H and O–H groups in total. The largest absolute Gasteiger partial charge is 0.478 e. The van der Waals surface area contributed by atoms with Gasteiger partial charge >= 0.3 is 5.97 Å². The Hall–Kier alpha value is -3.11. The van der Waals surface area contributed by atoms with E-state index in [1.165, 1.54) is 36.4 Å². The third-order valence-corrected chi connectivity index (χ3v) is 7.61. The summed E-state index contributed by atoms with van der Waals surface area (Å²) < 4.78 is 45.5. The Morgan fingerprint density at radius 3 is 2.35 bits per heavy atom. The number of aromatic carboxylic acids is 1. The number of nitrogens with two attached hydrogens (primary N) is 1. The summed E-state index contributed by atoms with van der Waals surface area (Å²) in [6.07, 6.45) is 0.357. The number of carboxylic acid groups (broad SMARTS) is 1. The summed E-state index contributed by atoms with van der Waals surface area (Å²) in [7, 11) is 0. The van der Waals surface area contributed by atoms with Gasteiger partial charge in [0.05, 0.1) is 22.2 Å². The number of nitrogens with one attached hydrogen (secondary N) is 2. The predicted octanol–water partition coefficient (Wildman–Crippen LogP) is 6.46. The van der Waals surface area contributed by atoms with Gasteiger partial charge in [-0.25, -0.2) is 18.0 Å². The SMILES string of the molecule is CC(C)(C)C[C@@H]1N[C@@H](C(=O)Nc2ccc(C(=O)O)c(F)c2)[C@H](c2cccc(Cl)c2F)[C@@]1(N)c1ccc(Cl)cc1F. The fourth-order valence-corrected chi connectivity index (χ4v) is 5.73. The Kier molecular flexibility index (Phi) is 8.25. The van der Waals surface area contributed by atoms with E-state index in [-0.39, 0.29) is 32.3 Å². The highest BCUT2D eigenvalue weighted by Gasteiger charge is 2.58. The molecule has 4 atom stereocenters. The number of anilines is 1. The standard InChI is InChI=1S/C29H28Cl2F3N3O3/c1-28(2,3)13-22-29(35,18-10-7-14(30)11-21(18)33)23(17-5-4-6-19(31)24(17)34)25(37-22)26(38)36-15-8-9-16(27(39)40)20(32)12-15/h4-12,22-23,25,37H,13,35H2,1-3H3,(H,36,38)(H,39,40)/t22-,23-,25+,29+/m0/s1. The first-order valence-electron chi connectivity index (χ1n) is 12.4. The topological polar surface area (TPSA) is 104 Å². The number of rotatable bonds is 6. The lowest BCUT2D eigenvalue weighted by molar-refractivity contribution is -0.118. The Morgan fingerprint density at radius 2 is 1.75 bits per heavy atom. The van der Waals surface area contributed by atoms with E-state index in [0.717, 1.165) is 18.2 Å². The minimum Gasteiger partial charge on any atom is -0.478 e. The van der Waals surface area contributed by atoms with Crippen LogP contribution in [0, 0.1) is 22.9 Å². The summed E-state index contributed by atoms with van der Waals surface area (Å²) in [6.45, 7) is 5.84. The molecule has 0 bridgehead atoms.